The summed E-state index contributed by atoms with van der Waals surface area (Å²) in [6.45, 7) is 4.33. The molecule has 1 fully saturated rings. The summed E-state index contributed by atoms with van der Waals surface area (Å²) in [6, 6.07) is 7.50. The van der Waals surface area contributed by atoms with Crippen LogP contribution in [0.4, 0.5) is 5.69 Å². The molecule has 3 rings (SSSR count). The Morgan fingerprint density at radius 3 is 2.62 bits per heavy atom. The maximum Gasteiger partial charge on any atom is 0.275 e. The molecule has 1 saturated heterocycles. The minimum Gasteiger partial charge on any atom is -0.494 e. The molecule has 0 unspecified atom stereocenters. The van der Waals surface area contributed by atoms with Gasteiger partial charge in [0.2, 0.25) is 0 Å². The first-order valence-electron chi connectivity index (χ1n) is 8.64. The van der Waals surface area contributed by atoms with Crippen LogP contribution in [-0.2, 0) is 6.54 Å². The lowest BCUT2D eigenvalue weighted by Gasteiger charge is -2.13. The highest BCUT2D eigenvalue weighted by Crippen LogP contribution is 2.24. The molecule has 0 aliphatic carbocycles. The van der Waals surface area contributed by atoms with E-state index in [1.165, 1.54) is 0 Å². The van der Waals surface area contributed by atoms with Crippen molar-refractivity contribution < 1.29 is 14.3 Å². The predicted molar refractivity (Wildman–Crippen MR) is 100 cm³/mol. The number of nitrogens with one attached hydrogen (secondary N) is 1. The van der Waals surface area contributed by atoms with Crippen molar-refractivity contribution in [1.82, 2.24) is 14.6 Å². The molecule has 2 heterocycles. The van der Waals surface area contributed by atoms with Crippen molar-refractivity contribution in [2.45, 2.75) is 26.3 Å². The van der Waals surface area contributed by atoms with Gasteiger partial charge in [0, 0.05) is 19.6 Å². The number of hydrogen-bond donors (Lipinski definition) is 2. The van der Waals surface area contributed by atoms with Crippen LogP contribution >= 0.6 is 11.5 Å². The Balaban J connectivity index is 1.62. The molecule has 138 valence electrons. The van der Waals surface area contributed by atoms with E-state index in [0.717, 1.165) is 48.8 Å². The predicted octanol–water partition coefficient (Wildman–Crippen LogP) is 2.29. The largest absolute Gasteiger partial charge is 0.494 e. The van der Waals surface area contributed by atoms with Crippen LogP contribution in [0.3, 0.4) is 0 Å². The van der Waals surface area contributed by atoms with E-state index >= 15 is 0 Å². The van der Waals surface area contributed by atoms with Crippen molar-refractivity contribution in [2.24, 2.45) is 0 Å². The molecule has 0 atom stereocenters. The van der Waals surface area contributed by atoms with Crippen LogP contribution in [0.2, 0.25) is 0 Å². The molecular formula is C18H22N4O3S. The fraction of sp³-hybridized carbons (Fsp3) is 0.389. The third kappa shape index (κ3) is 3.96. The smallest absolute Gasteiger partial charge is 0.275 e. The zero-order valence-corrected chi connectivity index (χ0v) is 15.5. The van der Waals surface area contributed by atoms with Crippen LogP contribution in [0.15, 0.2) is 24.3 Å². The molecule has 1 aromatic heterocycles. The van der Waals surface area contributed by atoms with Crippen LogP contribution in [0.1, 0.15) is 45.5 Å². The fourth-order valence-electron chi connectivity index (χ4n) is 2.82. The first-order valence-corrected chi connectivity index (χ1v) is 9.42. The first-order chi connectivity index (χ1) is 12.6. The molecule has 1 aliphatic rings. The van der Waals surface area contributed by atoms with E-state index in [9.17, 15) is 9.59 Å². The zero-order chi connectivity index (χ0) is 18.5. The molecule has 1 aromatic carbocycles. The monoisotopic (exact) mass is 374 g/mol. The lowest BCUT2D eigenvalue weighted by atomic mass is 10.2. The number of nitrogens with two attached hydrogens (primary N) is 1. The van der Waals surface area contributed by atoms with Crippen molar-refractivity contribution >= 4 is 29.0 Å². The number of nitrogens with zero attached hydrogens (tertiary/aromatic N) is 2. The Labute approximate surface area is 156 Å². The van der Waals surface area contributed by atoms with Crippen LogP contribution in [0, 0.1) is 0 Å². The third-order valence-electron chi connectivity index (χ3n) is 4.22. The number of hydrogen-bond acceptors (Lipinski definition) is 6. The molecule has 26 heavy (non-hydrogen) atoms. The zero-order valence-electron chi connectivity index (χ0n) is 14.7. The summed E-state index contributed by atoms with van der Waals surface area (Å²) < 4.78 is 9.51. The van der Waals surface area contributed by atoms with Gasteiger partial charge < -0.3 is 20.7 Å². The average molecular weight is 374 g/mol. The third-order valence-corrected chi connectivity index (χ3v) is 5.08. The number of nitrogen functional groups attached to an aromatic ring is 1. The van der Waals surface area contributed by atoms with Gasteiger partial charge in [-0.3, -0.25) is 9.59 Å². The summed E-state index contributed by atoms with van der Waals surface area (Å²) in [5.41, 5.74) is 7.31. The second-order valence-corrected chi connectivity index (χ2v) is 6.81. The van der Waals surface area contributed by atoms with Gasteiger partial charge in [-0.1, -0.05) is 12.1 Å². The number of carbonyl (C=O) groups excluding carboxylic acids is 2. The summed E-state index contributed by atoms with van der Waals surface area (Å²) in [4.78, 5) is 26.8. The van der Waals surface area contributed by atoms with Gasteiger partial charge in [0.25, 0.3) is 11.8 Å². The van der Waals surface area contributed by atoms with Gasteiger partial charge in [0.1, 0.15) is 10.6 Å². The lowest BCUT2D eigenvalue weighted by molar-refractivity contribution is 0.0789. The van der Waals surface area contributed by atoms with Crippen LogP contribution in [-0.4, -0.2) is 40.8 Å². The number of amides is 2. The molecule has 0 radical (unpaired) electrons. The highest BCUT2D eigenvalue weighted by atomic mass is 32.1. The van der Waals surface area contributed by atoms with Gasteiger partial charge in [0.05, 0.1) is 12.3 Å². The van der Waals surface area contributed by atoms with E-state index < -0.39 is 0 Å². The Morgan fingerprint density at radius 2 is 1.96 bits per heavy atom. The van der Waals surface area contributed by atoms with Gasteiger partial charge >= 0.3 is 0 Å². The summed E-state index contributed by atoms with van der Waals surface area (Å²) in [5.74, 6) is 0.274. The Morgan fingerprint density at radius 1 is 1.27 bits per heavy atom. The number of likely N-dealkylation sites (tertiary alicyclic amines) is 1. The number of rotatable bonds is 6. The molecule has 0 saturated carbocycles. The van der Waals surface area contributed by atoms with Crippen molar-refractivity contribution in [3.63, 3.8) is 0 Å². The number of carbonyl (C=O) groups is 2. The van der Waals surface area contributed by atoms with Gasteiger partial charge in [-0.25, -0.2) is 0 Å². The highest BCUT2D eigenvalue weighted by Gasteiger charge is 2.27. The Hall–Kier alpha value is -2.61. The standard InChI is InChI=1S/C18H22N4O3S/c1-2-25-13-7-5-12(6-8-13)11-20-17(23)16-14(19)15(21-26-16)18(24)22-9-3-4-10-22/h5-8H,2-4,9-11,19H2,1H3,(H,20,23). The van der Waals surface area contributed by atoms with Gasteiger partial charge in [-0.2, -0.15) is 4.37 Å². The van der Waals surface area contributed by atoms with Gasteiger partial charge in [-0.05, 0) is 49.0 Å². The second-order valence-electron chi connectivity index (χ2n) is 6.03. The van der Waals surface area contributed by atoms with E-state index in [1.807, 2.05) is 31.2 Å². The SMILES string of the molecule is CCOc1ccc(CNC(=O)c2snc(C(=O)N3CCCC3)c2N)cc1. The van der Waals surface area contributed by atoms with E-state index in [-0.39, 0.29) is 28.1 Å². The highest BCUT2D eigenvalue weighted by molar-refractivity contribution is 7.09. The summed E-state index contributed by atoms with van der Waals surface area (Å²) >= 11 is 0.961. The summed E-state index contributed by atoms with van der Waals surface area (Å²) in [6.07, 6.45) is 1.98. The topological polar surface area (TPSA) is 97.5 Å². The van der Waals surface area contributed by atoms with Crippen molar-refractivity contribution in [3.8, 4) is 5.75 Å². The number of anilines is 1. The minimum absolute atomic E-state index is 0.163. The lowest BCUT2D eigenvalue weighted by Crippen LogP contribution is -2.29. The molecule has 8 heteroatoms. The molecule has 0 spiro atoms. The summed E-state index contributed by atoms with van der Waals surface area (Å²) in [5, 5.41) is 2.82. The number of ether oxygens (including phenoxy) is 1. The fourth-order valence-corrected chi connectivity index (χ4v) is 3.53. The molecule has 0 bridgehead atoms. The van der Waals surface area contributed by atoms with Crippen LogP contribution in [0.25, 0.3) is 0 Å². The maximum absolute atomic E-state index is 12.4. The van der Waals surface area contributed by atoms with E-state index in [0.29, 0.717) is 13.2 Å². The normalized spacial score (nSPS) is 13.7. The average Bonchev–Trinajstić information content (AvgIpc) is 3.30. The van der Waals surface area contributed by atoms with Crippen molar-refractivity contribution in [2.75, 3.05) is 25.4 Å². The van der Waals surface area contributed by atoms with Crippen molar-refractivity contribution in [3.05, 3.63) is 40.4 Å². The van der Waals surface area contributed by atoms with Crippen LogP contribution in [0.5, 0.6) is 5.75 Å². The number of aromatic nitrogens is 1. The minimum atomic E-state index is -0.325. The van der Waals surface area contributed by atoms with Gasteiger partial charge in [0.15, 0.2) is 5.69 Å². The first kappa shape index (κ1) is 18.2. The maximum atomic E-state index is 12.4. The van der Waals surface area contributed by atoms with Crippen LogP contribution < -0.4 is 15.8 Å². The quantitative estimate of drug-likeness (QED) is 0.808. The van der Waals surface area contributed by atoms with E-state index in [1.54, 1.807) is 4.90 Å². The van der Waals surface area contributed by atoms with Crippen molar-refractivity contribution in [1.29, 1.82) is 0 Å². The molecule has 2 aromatic rings. The van der Waals surface area contributed by atoms with E-state index in [2.05, 4.69) is 9.69 Å². The summed E-state index contributed by atoms with van der Waals surface area (Å²) in [7, 11) is 0. The van der Waals surface area contributed by atoms with Gasteiger partial charge in [-0.15, -0.1) is 0 Å². The molecular weight excluding hydrogens is 352 g/mol. The molecule has 2 amide bonds. The second kappa shape index (κ2) is 8.18. The Bertz CT molecular complexity index is 782. The molecule has 7 nitrogen and oxygen atoms in total. The molecule has 1 aliphatic heterocycles. The Kier molecular flexibility index (Phi) is 5.72. The molecule has 3 N–H and O–H groups in total. The number of benzene rings is 1. The van der Waals surface area contributed by atoms with E-state index in [4.69, 9.17) is 10.5 Å².